The van der Waals surface area contributed by atoms with Crippen molar-refractivity contribution in [1.82, 2.24) is 4.98 Å². The van der Waals surface area contributed by atoms with E-state index in [2.05, 4.69) is 15.2 Å². The van der Waals surface area contributed by atoms with Crippen molar-refractivity contribution in [2.75, 3.05) is 0 Å². The fraction of sp³-hybridized carbons (Fsp3) is 0.176. The molecule has 1 heterocycles. The van der Waals surface area contributed by atoms with Gasteiger partial charge in [0.25, 0.3) is 11.8 Å². The van der Waals surface area contributed by atoms with Crippen LogP contribution in [0, 0.1) is 17.0 Å². The first-order valence-corrected chi connectivity index (χ1v) is 8.06. The van der Waals surface area contributed by atoms with E-state index in [-0.39, 0.29) is 40.3 Å². The number of rotatable bonds is 9. The summed E-state index contributed by atoms with van der Waals surface area (Å²) in [6.07, 6.45) is -2.00. The Bertz CT molecular complexity index is 1040. The van der Waals surface area contributed by atoms with E-state index < -0.39 is 35.3 Å². The van der Waals surface area contributed by atoms with Gasteiger partial charge in [-0.05, 0) is 13.0 Å². The van der Waals surface area contributed by atoms with E-state index in [4.69, 9.17) is 14.9 Å². The predicted molar refractivity (Wildman–Crippen MR) is 97.1 cm³/mol. The number of hydrogen-bond donors (Lipinski definition) is 3. The van der Waals surface area contributed by atoms with Crippen LogP contribution >= 0.6 is 0 Å². The minimum Gasteiger partial charge on any atom is -0.505 e. The molecule has 0 fully saturated rings. The van der Waals surface area contributed by atoms with Gasteiger partial charge < -0.3 is 20.1 Å². The molecule has 1 aromatic heterocycles. The van der Waals surface area contributed by atoms with Gasteiger partial charge in [0.1, 0.15) is 5.75 Å². The quantitative estimate of drug-likeness (QED) is 0.178. The molecule has 13 heteroatoms. The van der Waals surface area contributed by atoms with Crippen molar-refractivity contribution in [2.24, 2.45) is 10.2 Å². The van der Waals surface area contributed by atoms with Crippen LogP contribution in [0.1, 0.15) is 21.6 Å². The number of carboxylic acid groups (broad SMARTS) is 2. The molecule has 0 saturated heterocycles. The number of aliphatic carboxylic acids is 2. The summed E-state index contributed by atoms with van der Waals surface area (Å²) in [6, 6.07) is 5.14. The van der Waals surface area contributed by atoms with Gasteiger partial charge in [-0.3, -0.25) is 14.9 Å². The SMILES string of the molecule is Cc1nc(N=Nc2cccc([N+](=O)[O-])c2)c(COC(C(=O)O)C(=O)O)c(C=O)c1O. The molecule has 0 aliphatic rings. The Morgan fingerprint density at radius 3 is 2.53 bits per heavy atom. The number of aromatic hydroxyl groups is 1. The number of azo groups is 1. The molecule has 0 spiro atoms. The molecule has 156 valence electrons. The molecule has 0 radical (unpaired) electrons. The third-order valence-electron chi connectivity index (χ3n) is 3.73. The summed E-state index contributed by atoms with van der Waals surface area (Å²) < 4.78 is 4.83. The van der Waals surface area contributed by atoms with Crippen LogP contribution in [0.25, 0.3) is 0 Å². The number of carboxylic acids is 2. The molecule has 0 amide bonds. The Balaban J connectivity index is 2.48. The maximum absolute atomic E-state index is 11.4. The lowest BCUT2D eigenvalue weighted by Crippen LogP contribution is -2.32. The highest BCUT2D eigenvalue weighted by atomic mass is 16.6. The molecule has 2 aromatic rings. The summed E-state index contributed by atoms with van der Waals surface area (Å²) in [7, 11) is 0. The number of nitrogens with zero attached hydrogens (tertiary/aromatic N) is 4. The summed E-state index contributed by atoms with van der Waals surface area (Å²) in [5, 5.41) is 46.3. The summed E-state index contributed by atoms with van der Waals surface area (Å²) in [6.45, 7) is 0.609. The van der Waals surface area contributed by atoms with E-state index in [0.29, 0.717) is 0 Å². The van der Waals surface area contributed by atoms with Crippen LogP contribution in [-0.2, 0) is 20.9 Å². The molecule has 2 rings (SSSR count). The first-order valence-electron chi connectivity index (χ1n) is 8.06. The minimum atomic E-state index is -2.24. The van der Waals surface area contributed by atoms with Crippen molar-refractivity contribution in [3.8, 4) is 5.75 Å². The maximum Gasteiger partial charge on any atom is 0.344 e. The molecule has 0 aliphatic heterocycles. The van der Waals surface area contributed by atoms with E-state index in [9.17, 15) is 29.6 Å². The van der Waals surface area contributed by atoms with Crippen LogP contribution in [0.5, 0.6) is 5.75 Å². The van der Waals surface area contributed by atoms with Crippen LogP contribution < -0.4 is 0 Å². The number of hydrogen-bond acceptors (Lipinski definition) is 10. The first-order chi connectivity index (χ1) is 14.1. The van der Waals surface area contributed by atoms with Gasteiger partial charge >= 0.3 is 11.9 Å². The van der Waals surface area contributed by atoms with E-state index >= 15 is 0 Å². The van der Waals surface area contributed by atoms with Gasteiger partial charge in [-0.2, -0.15) is 0 Å². The third kappa shape index (κ3) is 4.96. The lowest BCUT2D eigenvalue weighted by atomic mass is 10.1. The van der Waals surface area contributed by atoms with Crippen LogP contribution in [0.4, 0.5) is 17.2 Å². The van der Waals surface area contributed by atoms with Gasteiger partial charge in [0.15, 0.2) is 12.1 Å². The van der Waals surface area contributed by atoms with Crippen molar-refractivity contribution in [2.45, 2.75) is 19.6 Å². The lowest BCUT2D eigenvalue weighted by Gasteiger charge is -2.13. The highest BCUT2D eigenvalue weighted by molar-refractivity contribution is 5.96. The molecule has 13 nitrogen and oxygen atoms in total. The highest BCUT2D eigenvalue weighted by Crippen LogP contribution is 2.32. The fourth-order valence-corrected chi connectivity index (χ4v) is 2.28. The molecule has 0 bridgehead atoms. The molecule has 0 atom stereocenters. The van der Waals surface area contributed by atoms with E-state index in [1.165, 1.54) is 25.1 Å². The van der Waals surface area contributed by atoms with Crippen LogP contribution in [0.15, 0.2) is 34.5 Å². The zero-order valence-corrected chi connectivity index (χ0v) is 15.3. The van der Waals surface area contributed by atoms with Crippen molar-refractivity contribution in [3.63, 3.8) is 0 Å². The zero-order chi connectivity index (χ0) is 22.4. The number of benzene rings is 1. The Labute approximate surface area is 167 Å². The number of ether oxygens (including phenoxy) is 1. The number of aldehydes is 1. The predicted octanol–water partition coefficient (Wildman–Crippen LogP) is 2.29. The van der Waals surface area contributed by atoms with Crippen molar-refractivity contribution in [3.05, 3.63) is 51.2 Å². The Morgan fingerprint density at radius 1 is 1.30 bits per heavy atom. The number of pyridine rings is 1. The summed E-state index contributed by atoms with van der Waals surface area (Å²) in [5.41, 5.74) is -0.740. The summed E-state index contributed by atoms with van der Waals surface area (Å²) in [4.78, 5) is 47.6. The molecule has 3 N–H and O–H groups in total. The maximum atomic E-state index is 11.4. The molecule has 30 heavy (non-hydrogen) atoms. The topological polar surface area (TPSA) is 202 Å². The number of carbonyl (C=O) groups is 3. The monoisotopic (exact) mass is 418 g/mol. The number of aromatic nitrogens is 1. The second-order valence-electron chi connectivity index (χ2n) is 5.72. The van der Waals surface area contributed by atoms with Crippen molar-refractivity contribution >= 4 is 35.4 Å². The Kier molecular flexibility index (Phi) is 6.82. The fourth-order valence-electron chi connectivity index (χ4n) is 2.28. The van der Waals surface area contributed by atoms with Gasteiger partial charge in [0.2, 0.25) is 0 Å². The largest absolute Gasteiger partial charge is 0.505 e. The second kappa shape index (κ2) is 9.29. The number of nitro benzene ring substituents is 1. The second-order valence-corrected chi connectivity index (χ2v) is 5.72. The van der Waals surface area contributed by atoms with Gasteiger partial charge in [0.05, 0.1) is 28.5 Å². The molecule has 1 aromatic carbocycles. The van der Waals surface area contributed by atoms with E-state index in [1.54, 1.807) is 0 Å². The lowest BCUT2D eigenvalue weighted by molar-refractivity contribution is -0.384. The van der Waals surface area contributed by atoms with Gasteiger partial charge in [-0.25, -0.2) is 14.6 Å². The van der Waals surface area contributed by atoms with Gasteiger partial charge in [0, 0.05) is 17.7 Å². The van der Waals surface area contributed by atoms with Gasteiger partial charge in [-0.15, -0.1) is 10.2 Å². The van der Waals surface area contributed by atoms with Crippen LogP contribution in [0.3, 0.4) is 0 Å². The van der Waals surface area contributed by atoms with Crippen LogP contribution in [-0.4, -0.2) is 49.6 Å². The standard InChI is InChI=1S/C17H14N4O9/c1-8-13(23)11(6-22)12(7-30-14(16(24)25)17(26)27)15(18-8)20-19-9-3-2-4-10(5-9)21(28)29/h2-6,14,23H,7H2,1H3,(H,24,25)(H,26,27). The van der Waals surface area contributed by atoms with Gasteiger partial charge in [-0.1, -0.05) is 6.07 Å². The highest BCUT2D eigenvalue weighted by Gasteiger charge is 2.28. The number of carbonyl (C=O) groups excluding carboxylic acids is 1. The van der Waals surface area contributed by atoms with E-state index in [1.807, 2.05) is 0 Å². The average molecular weight is 418 g/mol. The molecule has 0 aliphatic carbocycles. The third-order valence-corrected chi connectivity index (χ3v) is 3.73. The number of aryl methyl sites for hydroxylation is 1. The average Bonchev–Trinajstić information content (AvgIpc) is 2.69. The minimum absolute atomic E-state index is 0.0122. The first kappa shape index (κ1) is 22.0. The number of nitro groups is 1. The zero-order valence-electron chi connectivity index (χ0n) is 15.3. The van der Waals surface area contributed by atoms with Crippen LogP contribution in [0.2, 0.25) is 0 Å². The summed E-state index contributed by atoms with van der Waals surface area (Å²) >= 11 is 0. The molecular formula is C17H14N4O9. The molecule has 0 saturated carbocycles. The Hall–Kier alpha value is -4.26. The van der Waals surface area contributed by atoms with E-state index in [0.717, 1.165) is 6.07 Å². The Morgan fingerprint density at radius 2 is 1.97 bits per heavy atom. The van der Waals surface area contributed by atoms with Crippen molar-refractivity contribution in [1.29, 1.82) is 0 Å². The normalized spacial score (nSPS) is 11.0. The van der Waals surface area contributed by atoms with Crippen molar-refractivity contribution < 1.29 is 39.4 Å². The summed E-state index contributed by atoms with van der Waals surface area (Å²) in [5.74, 6) is -4.35. The smallest absolute Gasteiger partial charge is 0.344 e. The molecule has 0 unspecified atom stereocenters. The molecular weight excluding hydrogens is 404 g/mol. The number of non-ortho nitro benzene ring substituents is 1.